The van der Waals surface area contributed by atoms with E-state index in [0.29, 0.717) is 17.9 Å². The van der Waals surface area contributed by atoms with Gasteiger partial charge in [0.1, 0.15) is 12.4 Å². The largest absolute Gasteiger partial charge is 0.489 e. The Kier molecular flexibility index (Phi) is 4.65. The molecule has 0 atom stereocenters. The molecule has 4 heteroatoms. The van der Waals surface area contributed by atoms with Crippen LogP contribution in [0.15, 0.2) is 67.0 Å². The second kappa shape index (κ2) is 7.40. The van der Waals surface area contributed by atoms with Crippen LogP contribution in [0.2, 0.25) is 0 Å². The van der Waals surface area contributed by atoms with E-state index in [0.717, 1.165) is 24.1 Å². The number of anilines is 1. The van der Waals surface area contributed by atoms with E-state index < -0.39 is 0 Å². The summed E-state index contributed by atoms with van der Waals surface area (Å²) in [5, 5.41) is 2.96. The van der Waals surface area contributed by atoms with Gasteiger partial charge in [0.15, 0.2) is 0 Å². The normalized spacial score (nSPS) is 12.5. The Bertz CT molecular complexity index is 922. The van der Waals surface area contributed by atoms with E-state index in [9.17, 15) is 4.79 Å². The zero-order valence-electron chi connectivity index (χ0n) is 14.4. The summed E-state index contributed by atoms with van der Waals surface area (Å²) in [6, 6.07) is 17.3. The van der Waals surface area contributed by atoms with Gasteiger partial charge in [-0.05, 0) is 60.7 Å². The SMILES string of the molecule is O=C(Nc1cccc(OCc2cccnc2)c1)c1ccc2c(c1)CCC2. The topological polar surface area (TPSA) is 51.2 Å². The van der Waals surface area contributed by atoms with E-state index in [-0.39, 0.29) is 5.91 Å². The first-order valence-electron chi connectivity index (χ1n) is 8.83. The van der Waals surface area contributed by atoms with E-state index in [2.05, 4.69) is 16.4 Å². The van der Waals surface area contributed by atoms with E-state index in [4.69, 9.17) is 4.74 Å². The van der Waals surface area contributed by atoms with Crippen molar-refractivity contribution in [1.82, 2.24) is 4.98 Å². The van der Waals surface area contributed by atoms with Crippen molar-refractivity contribution < 1.29 is 9.53 Å². The van der Waals surface area contributed by atoms with E-state index in [1.165, 1.54) is 17.5 Å². The number of benzene rings is 2. The van der Waals surface area contributed by atoms with Gasteiger partial charge in [0, 0.05) is 35.3 Å². The first kappa shape index (κ1) is 16.3. The van der Waals surface area contributed by atoms with Gasteiger partial charge >= 0.3 is 0 Å². The van der Waals surface area contributed by atoms with Gasteiger partial charge in [-0.3, -0.25) is 9.78 Å². The zero-order chi connectivity index (χ0) is 17.8. The van der Waals surface area contributed by atoms with Crippen molar-refractivity contribution in [3.05, 3.63) is 89.2 Å². The van der Waals surface area contributed by atoms with E-state index in [1.807, 2.05) is 48.5 Å². The van der Waals surface area contributed by atoms with Crippen LogP contribution in [-0.2, 0) is 19.4 Å². The number of carbonyl (C=O) groups excluding carboxylic acids is 1. The molecular formula is C22H20N2O2. The lowest BCUT2D eigenvalue weighted by Crippen LogP contribution is -2.12. The van der Waals surface area contributed by atoms with Gasteiger partial charge in [0.05, 0.1) is 0 Å². The molecule has 1 N–H and O–H groups in total. The predicted octanol–water partition coefficient (Wildman–Crippen LogP) is 4.40. The highest BCUT2D eigenvalue weighted by atomic mass is 16.5. The minimum Gasteiger partial charge on any atom is -0.489 e. The molecule has 0 fully saturated rings. The number of ether oxygens (including phenoxy) is 1. The van der Waals surface area contributed by atoms with Gasteiger partial charge in [-0.2, -0.15) is 0 Å². The summed E-state index contributed by atoms with van der Waals surface area (Å²) in [6.45, 7) is 0.441. The molecule has 0 bridgehead atoms. The molecule has 0 radical (unpaired) electrons. The average Bonchev–Trinajstić information content (AvgIpc) is 3.15. The summed E-state index contributed by atoms with van der Waals surface area (Å²) in [5.74, 6) is 0.615. The van der Waals surface area contributed by atoms with Gasteiger partial charge in [0.25, 0.3) is 5.91 Å². The second-order valence-electron chi connectivity index (χ2n) is 6.47. The van der Waals surface area contributed by atoms with Crippen molar-refractivity contribution in [2.45, 2.75) is 25.9 Å². The van der Waals surface area contributed by atoms with Crippen LogP contribution in [-0.4, -0.2) is 10.9 Å². The number of nitrogens with one attached hydrogen (secondary N) is 1. The van der Waals surface area contributed by atoms with Crippen LogP contribution in [0, 0.1) is 0 Å². The van der Waals surface area contributed by atoms with Gasteiger partial charge in [-0.15, -0.1) is 0 Å². The lowest BCUT2D eigenvalue weighted by molar-refractivity contribution is 0.102. The molecule has 26 heavy (non-hydrogen) atoms. The van der Waals surface area contributed by atoms with E-state index >= 15 is 0 Å². The number of fused-ring (bicyclic) bond motifs is 1. The third-order valence-corrected chi connectivity index (χ3v) is 4.58. The summed E-state index contributed by atoms with van der Waals surface area (Å²) in [6.07, 6.45) is 6.87. The first-order chi connectivity index (χ1) is 12.8. The number of hydrogen-bond donors (Lipinski definition) is 1. The maximum atomic E-state index is 12.5. The van der Waals surface area contributed by atoms with Crippen LogP contribution < -0.4 is 10.1 Å². The van der Waals surface area contributed by atoms with Gasteiger partial charge < -0.3 is 10.1 Å². The minimum absolute atomic E-state index is 0.0934. The fraction of sp³-hybridized carbons (Fsp3) is 0.182. The van der Waals surface area contributed by atoms with Crippen LogP contribution >= 0.6 is 0 Å². The number of aryl methyl sites for hydroxylation is 2. The fourth-order valence-corrected chi connectivity index (χ4v) is 3.23. The maximum Gasteiger partial charge on any atom is 0.255 e. The fourth-order valence-electron chi connectivity index (χ4n) is 3.23. The molecule has 0 saturated carbocycles. The van der Waals surface area contributed by atoms with Crippen molar-refractivity contribution in [3.8, 4) is 5.75 Å². The van der Waals surface area contributed by atoms with Crippen molar-refractivity contribution in [3.63, 3.8) is 0 Å². The highest BCUT2D eigenvalue weighted by Crippen LogP contribution is 2.24. The zero-order valence-corrected chi connectivity index (χ0v) is 14.4. The number of rotatable bonds is 5. The minimum atomic E-state index is -0.0934. The smallest absolute Gasteiger partial charge is 0.255 e. The molecule has 130 valence electrons. The highest BCUT2D eigenvalue weighted by molar-refractivity contribution is 6.04. The number of amides is 1. The molecule has 0 aliphatic heterocycles. The molecule has 0 unspecified atom stereocenters. The van der Waals surface area contributed by atoms with Crippen LogP contribution in [0.3, 0.4) is 0 Å². The summed E-state index contributed by atoms with van der Waals surface area (Å²) in [5.41, 5.74) is 5.09. The molecule has 0 saturated heterocycles. The molecule has 4 nitrogen and oxygen atoms in total. The number of carbonyl (C=O) groups is 1. The van der Waals surface area contributed by atoms with Gasteiger partial charge in [-0.1, -0.05) is 18.2 Å². The lowest BCUT2D eigenvalue weighted by atomic mass is 10.1. The number of hydrogen-bond acceptors (Lipinski definition) is 3. The Morgan fingerprint density at radius 3 is 2.85 bits per heavy atom. The molecule has 4 rings (SSSR count). The summed E-state index contributed by atoms with van der Waals surface area (Å²) < 4.78 is 5.79. The summed E-state index contributed by atoms with van der Waals surface area (Å²) in [7, 11) is 0. The number of pyridine rings is 1. The Balaban J connectivity index is 1.42. The van der Waals surface area contributed by atoms with Crippen molar-refractivity contribution in [2.24, 2.45) is 0 Å². The summed E-state index contributed by atoms with van der Waals surface area (Å²) >= 11 is 0. The Labute approximate surface area is 152 Å². The first-order valence-corrected chi connectivity index (χ1v) is 8.83. The summed E-state index contributed by atoms with van der Waals surface area (Å²) in [4.78, 5) is 16.6. The molecule has 1 aliphatic rings. The molecule has 1 amide bonds. The van der Waals surface area contributed by atoms with Crippen molar-refractivity contribution in [2.75, 3.05) is 5.32 Å². The Morgan fingerprint density at radius 2 is 1.96 bits per heavy atom. The molecule has 1 aliphatic carbocycles. The molecule has 0 spiro atoms. The lowest BCUT2D eigenvalue weighted by Gasteiger charge is -2.10. The second-order valence-corrected chi connectivity index (χ2v) is 6.47. The molecular weight excluding hydrogens is 324 g/mol. The average molecular weight is 344 g/mol. The van der Waals surface area contributed by atoms with Crippen molar-refractivity contribution in [1.29, 1.82) is 0 Å². The molecule has 1 aromatic heterocycles. The monoisotopic (exact) mass is 344 g/mol. The van der Waals surface area contributed by atoms with E-state index in [1.54, 1.807) is 12.4 Å². The Morgan fingerprint density at radius 1 is 1.04 bits per heavy atom. The number of aromatic nitrogens is 1. The molecule has 3 aromatic rings. The Hall–Kier alpha value is -3.14. The maximum absolute atomic E-state index is 12.5. The molecule has 1 heterocycles. The van der Waals surface area contributed by atoms with Crippen LogP contribution in [0.1, 0.15) is 33.5 Å². The highest BCUT2D eigenvalue weighted by Gasteiger charge is 2.14. The molecule has 2 aromatic carbocycles. The quantitative estimate of drug-likeness (QED) is 0.746. The number of nitrogens with zero attached hydrogens (tertiary/aromatic N) is 1. The van der Waals surface area contributed by atoms with Crippen LogP contribution in [0.4, 0.5) is 5.69 Å². The standard InChI is InChI=1S/C22H20N2O2/c25-22(19-10-9-17-5-1-6-18(17)12-19)24-20-7-2-8-21(13-20)26-15-16-4-3-11-23-14-16/h2-4,7-14H,1,5-6,15H2,(H,24,25). The van der Waals surface area contributed by atoms with Gasteiger partial charge in [-0.25, -0.2) is 0 Å². The van der Waals surface area contributed by atoms with Crippen LogP contribution in [0.25, 0.3) is 0 Å². The van der Waals surface area contributed by atoms with Crippen molar-refractivity contribution >= 4 is 11.6 Å². The van der Waals surface area contributed by atoms with Crippen LogP contribution in [0.5, 0.6) is 5.75 Å². The third kappa shape index (κ3) is 3.75. The van der Waals surface area contributed by atoms with Gasteiger partial charge in [0.2, 0.25) is 0 Å². The third-order valence-electron chi connectivity index (χ3n) is 4.58. The predicted molar refractivity (Wildman–Crippen MR) is 101 cm³/mol.